The van der Waals surface area contributed by atoms with Crippen molar-refractivity contribution < 1.29 is 13.6 Å². The van der Waals surface area contributed by atoms with Gasteiger partial charge in [-0.1, -0.05) is 79.5 Å². The smallest absolute Gasteiger partial charge is 0.189 e. The highest BCUT2D eigenvalue weighted by molar-refractivity contribution is 6.49. The van der Waals surface area contributed by atoms with Gasteiger partial charge in [-0.3, -0.25) is 4.79 Å². The second-order valence-corrected chi connectivity index (χ2v) is 19.1. The number of fused-ring (bicyclic) bond motifs is 1. The van der Waals surface area contributed by atoms with Crippen LogP contribution in [0.3, 0.4) is 0 Å². The van der Waals surface area contributed by atoms with Crippen molar-refractivity contribution in [3.05, 3.63) is 24.3 Å². The molecule has 3 rings (SSSR count). The molecule has 0 spiro atoms. The molecule has 3 fully saturated rings. The van der Waals surface area contributed by atoms with Crippen LogP contribution < -0.4 is 0 Å². The van der Waals surface area contributed by atoms with Crippen LogP contribution in [-0.2, 0) is 13.6 Å². The summed E-state index contributed by atoms with van der Waals surface area (Å²) in [6.45, 7) is 27.4. The summed E-state index contributed by atoms with van der Waals surface area (Å²) in [6.07, 6.45) is 13.1. The van der Waals surface area contributed by atoms with Crippen LogP contribution in [0.4, 0.5) is 0 Å². The fourth-order valence-electron chi connectivity index (χ4n) is 7.67. The molecule has 3 aliphatic rings. The fraction of sp³-hybridized carbons (Fsp3) is 0.833. The molecule has 3 nitrogen and oxygen atoms in total. The SMILES string of the molecule is C=C1C[C@H]2[C@@H](C=C[C@@](O[SiH](C)C)(C3CCCCC3)C(C)(C)C)[C@H](C(C)(C)C)C[C@@]2(O[SiH](C)C)C1=O. The minimum Gasteiger partial charge on any atom is -0.411 e. The van der Waals surface area contributed by atoms with Crippen molar-refractivity contribution in [2.75, 3.05) is 0 Å². The van der Waals surface area contributed by atoms with Crippen molar-refractivity contribution in [3.63, 3.8) is 0 Å². The zero-order chi connectivity index (χ0) is 26.4. The Balaban J connectivity index is 2.11. The molecule has 0 N–H and O–H groups in total. The zero-order valence-electron chi connectivity index (χ0n) is 24.5. The summed E-state index contributed by atoms with van der Waals surface area (Å²) in [4.78, 5) is 13.6. The summed E-state index contributed by atoms with van der Waals surface area (Å²) in [7, 11) is -2.71. The van der Waals surface area contributed by atoms with E-state index in [1.165, 1.54) is 32.1 Å². The summed E-state index contributed by atoms with van der Waals surface area (Å²) >= 11 is 0. The highest BCUT2D eigenvalue weighted by atomic mass is 28.3. The normalized spacial score (nSPS) is 32.7. The number of Topliss-reactive ketones (excluding diaryl/α,β-unsaturated/α-hetero) is 1. The number of rotatable bonds is 7. The lowest BCUT2D eigenvalue weighted by Gasteiger charge is -2.51. The van der Waals surface area contributed by atoms with Crippen LogP contribution in [0.15, 0.2) is 24.3 Å². The number of carbonyl (C=O) groups is 1. The van der Waals surface area contributed by atoms with Gasteiger partial charge in [-0.05, 0) is 86.0 Å². The van der Waals surface area contributed by atoms with Crippen LogP contribution in [0.5, 0.6) is 0 Å². The van der Waals surface area contributed by atoms with E-state index in [1.54, 1.807) is 0 Å². The van der Waals surface area contributed by atoms with E-state index in [2.05, 4.69) is 86.5 Å². The Labute approximate surface area is 220 Å². The Morgan fingerprint density at radius 2 is 1.57 bits per heavy atom. The Kier molecular flexibility index (Phi) is 8.59. The van der Waals surface area contributed by atoms with Crippen LogP contribution in [-0.4, -0.2) is 35.1 Å². The third-order valence-corrected chi connectivity index (χ3v) is 10.9. The molecule has 200 valence electrons. The number of carbonyl (C=O) groups excluding carboxylic acids is 1. The molecule has 0 heterocycles. The van der Waals surface area contributed by atoms with Crippen molar-refractivity contribution in [2.24, 2.45) is 34.5 Å². The number of ketones is 1. The highest BCUT2D eigenvalue weighted by Crippen LogP contribution is 2.60. The molecular formula is C30H54O3Si2. The first-order chi connectivity index (χ1) is 16.0. The molecule has 0 aromatic rings. The number of allylic oxidation sites excluding steroid dienone is 1. The van der Waals surface area contributed by atoms with Crippen LogP contribution in [0, 0.1) is 34.5 Å². The van der Waals surface area contributed by atoms with E-state index in [9.17, 15) is 4.79 Å². The largest absolute Gasteiger partial charge is 0.411 e. The van der Waals surface area contributed by atoms with Gasteiger partial charge in [0.05, 0.1) is 5.60 Å². The Bertz CT molecular complexity index is 812. The van der Waals surface area contributed by atoms with Crippen LogP contribution in [0.1, 0.15) is 86.5 Å². The first kappa shape index (κ1) is 29.1. The average Bonchev–Trinajstić information content (AvgIpc) is 3.15. The predicted octanol–water partition coefficient (Wildman–Crippen LogP) is 7.47. The van der Waals surface area contributed by atoms with Crippen LogP contribution in [0.25, 0.3) is 0 Å². The van der Waals surface area contributed by atoms with Gasteiger partial charge in [0, 0.05) is 5.92 Å². The third-order valence-electron chi connectivity index (χ3n) is 9.16. The molecule has 0 amide bonds. The van der Waals surface area contributed by atoms with Gasteiger partial charge < -0.3 is 8.85 Å². The van der Waals surface area contributed by atoms with Gasteiger partial charge in [0.1, 0.15) is 5.60 Å². The summed E-state index contributed by atoms with van der Waals surface area (Å²) in [6, 6.07) is 0. The molecule has 0 aliphatic heterocycles. The second kappa shape index (κ2) is 10.3. The van der Waals surface area contributed by atoms with Gasteiger partial charge in [0.25, 0.3) is 0 Å². The predicted molar refractivity (Wildman–Crippen MR) is 154 cm³/mol. The molecule has 3 aliphatic carbocycles. The lowest BCUT2D eigenvalue weighted by Crippen LogP contribution is -2.53. The first-order valence-electron chi connectivity index (χ1n) is 14.3. The summed E-state index contributed by atoms with van der Waals surface area (Å²) in [5.41, 5.74) is -0.0388. The third kappa shape index (κ3) is 5.54. The number of hydrogen-bond acceptors (Lipinski definition) is 3. The minimum absolute atomic E-state index is 0.00609. The van der Waals surface area contributed by atoms with Gasteiger partial charge in [-0.2, -0.15) is 0 Å². The topological polar surface area (TPSA) is 35.5 Å². The molecule has 0 aromatic heterocycles. The average molecular weight is 519 g/mol. The van der Waals surface area contributed by atoms with Gasteiger partial charge in [0.15, 0.2) is 23.9 Å². The maximum atomic E-state index is 13.6. The standard InChI is InChI=1S/C30H54O3Si2/c1-21-19-24-23(25(27(2,3)4)20-29(24,26(21)31)32-34(8)9)17-18-30(28(5,6)7,33-35(10)11)22-15-13-12-14-16-22/h17-18,22-25,34-35H,1,12-16,19-20H2,2-11H3/t23-,24+,25-,29+,30-/m1/s1. The van der Waals surface area contributed by atoms with Gasteiger partial charge >= 0.3 is 0 Å². The molecule has 5 atom stereocenters. The van der Waals surface area contributed by atoms with Crippen LogP contribution >= 0.6 is 0 Å². The maximum absolute atomic E-state index is 13.6. The van der Waals surface area contributed by atoms with Crippen molar-refractivity contribution >= 4 is 23.9 Å². The monoisotopic (exact) mass is 518 g/mol. The Hall–Kier alpha value is -0.496. The van der Waals surface area contributed by atoms with E-state index in [1.807, 2.05) is 0 Å². The molecule has 0 unspecified atom stereocenters. The van der Waals surface area contributed by atoms with Crippen molar-refractivity contribution in [3.8, 4) is 0 Å². The van der Waals surface area contributed by atoms with E-state index in [0.29, 0.717) is 17.8 Å². The van der Waals surface area contributed by atoms with E-state index < -0.39 is 23.7 Å². The van der Waals surface area contributed by atoms with Gasteiger partial charge in [-0.25, -0.2) is 0 Å². The van der Waals surface area contributed by atoms with E-state index in [4.69, 9.17) is 8.85 Å². The van der Waals surface area contributed by atoms with Crippen molar-refractivity contribution in [1.29, 1.82) is 0 Å². The molecule has 0 saturated heterocycles. The summed E-state index contributed by atoms with van der Waals surface area (Å²) in [5.74, 6) is 1.64. The molecule has 0 bridgehead atoms. The first-order valence-corrected chi connectivity index (χ1v) is 19.9. The van der Waals surface area contributed by atoms with Crippen molar-refractivity contribution in [1.82, 2.24) is 0 Å². The number of hydrogen-bond donors (Lipinski definition) is 0. The van der Waals surface area contributed by atoms with Gasteiger partial charge in [0.2, 0.25) is 0 Å². The minimum atomic E-state index is -1.41. The highest BCUT2D eigenvalue weighted by Gasteiger charge is 2.64. The zero-order valence-corrected chi connectivity index (χ0v) is 26.8. The molecule has 35 heavy (non-hydrogen) atoms. The molecule has 0 radical (unpaired) electrons. The van der Waals surface area contributed by atoms with E-state index in [0.717, 1.165) is 18.4 Å². The summed E-state index contributed by atoms with van der Waals surface area (Å²) in [5, 5.41) is 0. The molecule has 3 saturated carbocycles. The maximum Gasteiger partial charge on any atom is 0.189 e. The van der Waals surface area contributed by atoms with Gasteiger partial charge in [-0.15, -0.1) is 0 Å². The molecule has 0 aromatic carbocycles. The quantitative estimate of drug-likeness (QED) is 0.199. The summed E-state index contributed by atoms with van der Waals surface area (Å²) < 4.78 is 13.8. The lowest BCUT2D eigenvalue weighted by atomic mass is 9.63. The molecule has 5 heteroatoms. The Morgan fingerprint density at radius 3 is 2.06 bits per heavy atom. The van der Waals surface area contributed by atoms with Crippen LogP contribution in [0.2, 0.25) is 26.2 Å². The van der Waals surface area contributed by atoms with Crippen molar-refractivity contribution in [2.45, 2.75) is 124 Å². The van der Waals surface area contributed by atoms with E-state index in [-0.39, 0.29) is 28.1 Å². The van der Waals surface area contributed by atoms with E-state index >= 15 is 0 Å². The second-order valence-electron chi connectivity index (χ2n) is 14.5. The lowest BCUT2D eigenvalue weighted by molar-refractivity contribution is -0.130. The molecular weight excluding hydrogens is 464 g/mol. The Morgan fingerprint density at radius 1 is 0.971 bits per heavy atom. The fourth-order valence-corrected chi connectivity index (χ4v) is 10.3.